The molecule has 0 spiro atoms. The molecular weight excluding hydrogens is 263 g/mol. The fourth-order valence-corrected chi connectivity index (χ4v) is 1.96. The third-order valence-corrected chi connectivity index (χ3v) is 2.90. The van der Waals surface area contributed by atoms with Crippen LogP contribution in [-0.4, -0.2) is 23.2 Å². The van der Waals surface area contributed by atoms with E-state index in [0.29, 0.717) is 10.9 Å². The number of carbonyl (C=O) groups is 1. The van der Waals surface area contributed by atoms with Crippen molar-refractivity contribution in [2.45, 2.75) is 13.1 Å². The Hall–Kier alpha value is -2.18. The average Bonchev–Trinajstić information content (AvgIpc) is 2.64. The van der Waals surface area contributed by atoms with E-state index in [1.807, 2.05) is 0 Å². The van der Waals surface area contributed by atoms with Gasteiger partial charge >= 0.3 is 12.1 Å². The number of aromatic amines is 1. The Morgan fingerprint density at radius 2 is 2.00 bits per heavy atom. The molecule has 0 unspecified atom stereocenters. The van der Waals surface area contributed by atoms with Crippen LogP contribution in [0.1, 0.15) is 21.6 Å². The Morgan fingerprint density at radius 3 is 2.47 bits per heavy atom. The van der Waals surface area contributed by atoms with E-state index in [4.69, 9.17) is 9.84 Å². The van der Waals surface area contributed by atoms with E-state index >= 15 is 0 Å². The molecule has 1 aromatic heterocycles. The van der Waals surface area contributed by atoms with E-state index in [1.165, 1.54) is 13.0 Å². The standard InChI is InChI=1S/C12H10F3NO3/c1-5-6-3-9(19-2)7(12(13,14)15)4-8(6)16-10(5)11(17)18/h3-4,16H,1-2H3,(H,17,18). The minimum absolute atomic E-state index is 0.114. The molecule has 0 aliphatic rings. The number of methoxy groups -OCH3 is 1. The molecule has 0 aliphatic heterocycles. The highest BCUT2D eigenvalue weighted by molar-refractivity contribution is 5.98. The summed E-state index contributed by atoms with van der Waals surface area (Å²) in [7, 11) is 1.14. The average molecular weight is 273 g/mol. The number of carboxylic acid groups (broad SMARTS) is 1. The first-order valence-corrected chi connectivity index (χ1v) is 5.26. The Morgan fingerprint density at radius 1 is 1.37 bits per heavy atom. The van der Waals surface area contributed by atoms with Crippen LogP contribution in [-0.2, 0) is 6.18 Å². The van der Waals surface area contributed by atoms with Gasteiger partial charge in [0.05, 0.1) is 12.7 Å². The van der Waals surface area contributed by atoms with Gasteiger partial charge in [0, 0.05) is 10.9 Å². The predicted octanol–water partition coefficient (Wildman–Crippen LogP) is 3.20. The van der Waals surface area contributed by atoms with Crippen LogP contribution in [0.2, 0.25) is 0 Å². The highest BCUT2D eigenvalue weighted by Gasteiger charge is 2.35. The smallest absolute Gasteiger partial charge is 0.420 e. The second kappa shape index (κ2) is 4.18. The van der Waals surface area contributed by atoms with Crippen molar-refractivity contribution in [3.8, 4) is 5.75 Å². The maximum Gasteiger partial charge on any atom is 0.420 e. The lowest BCUT2D eigenvalue weighted by Gasteiger charge is -2.12. The number of benzene rings is 1. The fraction of sp³-hybridized carbons (Fsp3) is 0.250. The maximum atomic E-state index is 12.8. The van der Waals surface area contributed by atoms with Gasteiger partial charge in [0.1, 0.15) is 11.4 Å². The molecule has 1 heterocycles. The van der Waals surface area contributed by atoms with Gasteiger partial charge in [-0.3, -0.25) is 0 Å². The molecule has 0 aliphatic carbocycles. The van der Waals surface area contributed by atoms with Crippen molar-refractivity contribution in [2.75, 3.05) is 7.11 Å². The van der Waals surface area contributed by atoms with Crippen molar-refractivity contribution in [2.24, 2.45) is 0 Å². The molecule has 0 radical (unpaired) electrons. The van der Waals surface area contributed by atoms with Crippen molar-refractivity contribution in [1.29, 1.82) is 0 Å². The number of rotatable bonds is 2. The van der Waals surface area contributed by atoms with Gasteiger partial charge in [-0.1, -0.05) is 0 Å². The van der Waals surface area contributed by atoms with Crippen LogP contribution >= 0.6 is 0 Å². The number of alkyl halides is 3. The van der Waals surface area contributed by atoms with Crippen LogP contribution in [0, 0.1) is 6.92 Å². The number of aryl methyl sites for hydroxylation is 1. The van der Waals surface area contributed by atoms with Gasteiger partial charge in [0.2, 0.25) is 0 Å². The zero-order valence-corrected chi connectivity index (χ0v) is 10.1. The lowest BCUT2D eigenvalue weighted by molar-refractivity contribution is -0.138. The van der Waals surface area contributed by atoms with Crippen LogP contribution in [0.15, 0.2) is 12.1 Å². The van der Waals surface area contributed by atoms with Crippen LogP contribution in [0.4, 0.5) is 13.2 Å². The number of ether oxygens (including phenoxy) is 1. The Balaban J connectivity index is 2.79. The van der Waals surface area contributed by atoms with Crippen LogP contribution in [0.3, 0.4) is 0 Å². The van der Waals surface area contributed by atoms with E-state index in [2.05, 4.69) is 4.98 Å². The molecule has 102 valence electrons. The van der Waals surface area contributed by atoms with Crippen LogP contribution < -0.4 is 4.74 Å². The summed E-state index contributed by atoms with van der Waals surface area (Å²) in [5.74, 6) is -1.56. The lowest BCUT2D eigenvalue weighted by atomic mass is 10.1. The molecular formula is C12H10F3NO3. The first-order chi connectivity index (χ1) is 8.75. The van der Waals surface area contributed by atoms with Gasteiger partial charge in [-0.25, -0.2) is 4.79 Å². The maximum absolute atomic E-state index is 12.8. The second-order valence-corrected chi connectivity index (χ2v) is 4.03. The fourth-order valence-electron chi connectivity index (χ4n) is 1.96. The number of aromatic carboxylic acids is 1. The van der Waals surface area contributed by atoms with Gasteiger partial charge in [-0.15, -0.1) is 0 Å². The molecule has 0 saturated carbocycles. The third-order valence-electron chi connectivity index (χ3n) is 2.90. The summed E-state index contributed by atoms with van der Waals surface area (Å²) < 4.78 is 43.2. The van der Waals surface area contributed by atoms with E-state index < -0.39 is 17.7 Å². The zero-order valence-electron chi connectivity index (χ0n) is 10.1. The molecule has 19 heavy (non-hydrogen) atoms. The van der Waals surface area contributed by atoms with E-state index in [9.17, 15) is 18.0 Å². The molecule has 2 N–H and O–H groups in total. The van der Waals surface area contributed by atoms with Gasteiger partial charge in [0.25, 0.3) is 0 Å². The van der Waals surface area contributed by atoms with Gasteiger partial charge < -0.3 is 14.8 Å². The number of fused-ring (bicyclic) bond motifs is 1. The Labute approximate surface area is 105 Å². The summed E-state index contributed by atoms with van der Waals surface area (Å²) in [4.78, 5) is 13.4. The van der Waals surface area contributed by atoms with Crippen molar-refractivity contribution < 1.29 is 27.8 Å². The van der Waals surface area contributed by atoms with Gasteiger partial charge in [-0.05, 0) is 24.6 Å². The molecule has 0 fully saturated rings. The molecule has 2 rings (SSSR count). The third kappa shape index (κ3) is 2.11. The second-order valence-electron chi connectivity index (χ2n) is 4.03. The Kier molecular flexibility index (Phi) is 2.92. The normalized spacial score (nSPS) is 11.8. The summed E-state index contributed by atoms with van der Waals surface area (Å²) in [6.07, 6.45) is -4.57. The largest absolute Gasteiger partial charge is 0.496 e. The van der Waals surface area contributed by atoms with E-state index in [1.54, 1.807) is 0 Å². The summed E-state index contributed by atoms with van der Waals surface area (Å²) in [5, 5.41) is 9.33. The lowest BCUT2D eigenvalue weighted by Crippen LogP contribution is -2.07. The molecule has 1 aromatic carbocycles. The number of nitrogens with one attached hydrogen (secondary N) is 1. The molecule has 0 atom stereocenters. The number of hydrogen-bond donors (Lipinski definition) is 2. The first kappa shape index (κ1) is 13.3. The van der Waals surface area contributed by atoms with Crippen LogP contribution in [0.25, 0.3) is 10.9 Å². The molecule has 0 bridgehead atoms. The van der Waals surface area contributed by atoms with Crippen molar-refractivity contribution in [3.63, 3.8) is 0 Å². The highest BCUT2D eigenvalue weighted by atomic mass is 19.4. The van der Waals surface area contributed by atoms with Crippen molar-refractivity contribution >= 4 is 16.9 Å². The number of carboxylic acids is 1. The molecule has 2 aromatic rings. The van der Waals surface area contributed by atoms with E-state index in [-0.39, 0.29) is 17.0 Å². The number of H-pyrrole nitrogens is 1. The summed E-state index contributed by atoms with van der Waals surface area (Å²) in [6.45, 7) is 1.52. The minimum Gasteiger partial charge on any atom is -0.496 e. The minimum atomic E-state index is -4.57. The Bertz CT molecular complexity index is 658. The van der Waals surface area contributed by atoms with Gasteiger partial charge in [-0.2, -0.15) is 13.2 Å². The van der Waals surface area contributed by atoms with Gasteiger partial charge in [0.15, 0.2) is 0 Å². The summed E-state index contributed by atoms with van der Waals surface area (Å²) in [6, 6.07) is 2.05. The molecule has 0 saturated heterocycles. The van der Waals surface area contributed by atoms with E-state index in [0.717, 1.165) is 13.2 Å². The number of hydrogen-bond acceptors (Lipinski definition) is 2. The SMILES string of the molecule is COc1cc2c(C)c(C(=O)O)[nH]c2cc1C(F)(F)F. The summed E-state index contributed by atoms with van der Waals surface area (Å²) in [5.41, 5.74) is -0.588. The molecule has 7 heteroatoms. The molecule has 4 nitrogen and oxygen atoms in total. The quantitative estimate of drug-likeness (QED) is 0.883. The topological polar surface area (TPSA) is 62.3 Å². The summed E-state index contributed by atoms with van der Waals surface area (Å²) >= 11 is 0. The monoisotopic (exact) mass is 273 g/mol. The zero-order chi connectivity index (χ0) is 14.4. The number of halogens is 3. The van der Waals surface area contributed by atoms with Crippen molar-refractivity contribution in [3.05, 3.63) is 29.0 Å². The van der Waals surface area contributed by atoms with Crippen molar-refractivity contribution in [1.82, 2.24) is 4.98 Å². The first-order valence-electron chi connectivity index (χ1n) is 5.26. The predicted molar refractivity (Wildman–Crippen MR) is 61.5 cm³/mol. The molecule has 0 amide bonds. The number of aromatic nitrogens is 1. The van der Waals surface area contributed by atoms with Crippen LogP contribution in [0.5, 0.6) is 5.75 Å². The highest BCUT2D eigenvalue weighted by Crippen LogP contribution is 2.39.